The first-order valence-electron chi connectivity index (χ1n) is 8.81. The van der Waals surface area contributed by atoms with E-state index in [0.29, 0.717) is 23.9 Å². The molecule has 0 spiro atoms. The molecule has 2 fully saturated rings. The third-order valence-corrected chi connectivity index (χ3v) is 4.77. The molecule has 1 aromatic rings. The molecule has 0 unspecified atom stereocenters. The van der Waals surface area contributed by atoms with E-state index < -0.39 is 11.5 Å². The monoisotopic (exact) mass is 387 g/mol. The molecule has 5 nitrogen and oxygen atoms in total. The van der Waals surface area contributed by atoms with Crippen molar-refractivity contribution in [3.05, 3.63) is 23.0 Å². The number of piperidine rings is 1. The summed E-state index contributed by atoms with van der Waals surface area (Å²) >= 11 is 6.11. The maximum atomic E-state index is 13.1. The first-order valence-corrected chi connectivity index (χ1v) is 9.18. The van der Waals surface area contributed by atoms with E-state index in [9.17, 15) is 13.6 Å². The lowest BCUT2D eigenvalue weighted by atomic mass is 9.92. The molecule has 2 aliphatic heterocycles. The van der Waals surface area contributed by atoms with Gasteiger partial charge in [-0.2, -0.15) is 0 Å². The number of hydrogen-bond acceptors (Lipinski definition) is 4. The summed E-state index contributed by atoms with van der Waals surface area (Å²) in [4.78, 5) is 19.8. The molecular weight excluding hydrogens is 364 g/mol. The van der Waals surface area contributed by atoms with Crippen molar-refractivity contribution in [3.63, 3.8) is 0 Å². The summed E-state index contributed by atoms with van der Waals surface area (Å²) in [5, 5.41) is 0.308. The van der Waals surface area contributed by atoms with Crippen LogP contribution >= 0.6 is 11.6 Å². The van der Waals surface area contributed by atoms with E-state index in [1.54, 1.807) is 15.9 Å². The molecule has 0 radical (unpaired) electrons. The van der Waals surface area contributed by atoms with Gasteiger partial charge in [0.15, 0.2) is 0 Å². The predicted molar refractivity (Wildman–Crippen MR) is 96.2 cm³/mol. The van der Waals surface area contributed by atoms with Gasteiger partial charge in [-0.05, 0) is 45.7 Å². The Bertz CT molecular complexity index is 678. The molecule has 144 valence electrons. The zero-order valence-corrected chi connectivity index (χ0v) is 16.0. The Morgan fingerprint density at radius 2 is 1.88 bits per heavy atom. The van der Waals surface area contributed by atoms with Gasteiger partial charge in [0, 0.05) is 30.4 Å². The van der Waals surface area contributed by atoms with E-state index in [2.05, 4.69) is 4.98 Å². The van der Waals surface area contributed by atoms with Crippen LogP contribution in [0, 0.1) is 0 Å². The maximum Gasteiger partial charge on any atom is 0.410 e. The van der Waals surface area contributed by atoms with E-state index in [1.165, 1.54) is 0 Å². The summed E-state index contributed by atoms with van der Waals surface area (Å²) in [5.74, 6) is -2.48. The quantitative estimate of drug-likeness (QED) is 0.709. The minimum absolute atomic E-state index is 0.146. The van der Waals surface area contributed by atoms with Crippen LogP contribution in [0.25, 0.3) is 0 Å². The fraction of sp³-hybridized carbons (Fsp3) is 0.667. The number of amides is 1. The number of hydrogen-bond donors (Lipinski definition) is 0. The van der Waals surface area contributed by atoms with Crippen LogP contribution in [0.15, 0.2) is 12.1 Å². The Hall–Kier alpha value is -1.63. The van der Waals surface area contributed by atoms with Crippen LogP contribution in [0.4, 0.5) is 19.3 Å². The van der Waals surface area contributed by atoms with Gasteiger partial charge in [-0.3, -0.25) is 0 Å². The molecule has 0 bridgehead atoms. The van der Waals surface area contributed by atoms with Crippen LogP contribution in [-0.4, -0.2) is 53.7 Å². The van der Waals surface area contributed by atoms with Crippen LogP contribution in [0.5, 0.6) is 0 Å². The lowest BCUT2D eigenvalue weighted by Crippen LogP contribution is -2.56. The van der Waals surface area contributed by atoms with Gasteiger partial charge in [0.1, 0.15) is 10.8 Å². The Kier molecular flexibility index (Phi) is 5.03. The Morgan fingerprint density at radius 3 is 2.42 bits per heavy atom. The molecule has 3 heterocycles. The number of anilines is 1. The van der Waals surface area contributed by atoms with Crippen molar-refractivity contribution in [1.29, 1.82) is 0 Å². The summed E-state index contributed by atoms with van der Waals surface area (Å²) in [6.07, 6.45) is 1.17. The van der Waals surface area contributed by atoms with Crippen molar-refractivity contribution in [3.8, 4) is 0 Å². The van der Waals surface area contributed by atoms with Crippen molar-refractivity contribution >= 4 is 23.4 Å². The molecule has 0 saturated carbocycles. The van der Waals surface area contributed by atoms with Crippen molar-refractivity contribution in [2.75, 3.05) is 31.1 Å². The molecular formula is C18H24ClF2N3O2. The number of likely N-dealkylation sites (tertiary alicyclic amines) is 1. The van der Waals surface area contributed by atoms with Crippen LogP contribution < -0.4 is 4.90 Å². The minimum atomic E-state index is -2.63. The van der Waals surface area contributed by atoms with E-state index in [-0.39, 0.29) is 25.1 Å². The highest BCUT2D eigenvalue weighted by atomic mass is 35.5. The largest absolute Gasteiger partial charge is 0.444 e. The third-order valence-electron chi connectivity index (χ3n) is 4.57. The zero-order valence-electron chi connectivity index (χ0n) is 15.3. The van der Waals surface area contributed by atoms with Gasteiger partial charge in [0.2, 0.25) is 0 Å². The summed E-state index contributed by atoms with van der Waals surface area (Å²) in [6, 6.07) is 3.46. The topological polar surface area (TPSA) is 45.7 Å². The molecule has 1 aromatic heterocycles. The Labute approximate surface area is 157 Å². The molecule has 26 heavy (non-hydrogen) atoms. The van der Waals surface area contributed by atoms with Gasteiger partial charge in [0.25, 0.3) is 5.92 Å². The molecule has 8 heteroatoms. The van der Waals surface area contributed by atoms with Crippen molar-refractivity contribution < 1.29 is 18.3 Å². The summed E-state index contributed by atoms with van der Waals surface area (Å²) in [5.41, 5.74) is 0.962. The molecule has 1 amide bonds. The lowest BCUT2D eigenvalue weighted by Gasteiger charge is -2.40. The van der Waals surface area contributed by atoms with Crippen molar-refractivity contribution in [1.82, 2.24) is 9.88 Å². The first-order chi connectivity index (χ1) is 12.0. The number of alkyl halides is 2. The smallest absolute Gasteiger partial charge is 0.410 e. The number of nitrogens with zero attached hydrogens (tertiary/aromatic N) is 3. The second kappa shape index (κ2) is 6.83. The number of carbonyl (C=O) groups excluding carboxylic acids is 1. The second-order valence-corrected chi connectivity index (χ2v) is 8.41. The van der Waals surface area contributed by atoms with Gasteiger partial charge < -0.3 is 14.5 Å². The average Bonchev–Trinajstić information content (AvgIpc) is 2.50. The van der Waals surface area contributed by atoms with Gasteiger partial charge >= 0.3 is 6.09 Å². The Morgan fingerprint density at radius 1 is 1.27 bits per heavy atom. The predicted octanol–water partition coefficient (Wildman–Crippen LogP) is 4.30. The maximum absolute atomic E-state index is 13.1. The second-order valence-electron chi connectivity index (χ2n) is 8.03. The molecule has 0 aromatic carbocycles. The summed E-state index contributed by atoms with van der Waals surface area (Å²) < 4.78 is 31.7. The average molecular weight is 388 g/mol. The standard InChI is InChI=1S/C18H24ClF2N3O2/c1-17(2,3)26-16(25)23-6-4-12(5-7-23)14-8-13(9-15(19)22-14)24-10-18(20,21)11-24/h8-9,12H,4-7,10-11H2,1-3H3. The van der Waals surface area contributed by atoms with Gasteiger partial charge in [-0.1, -0.05) is 11.6 Å². The van der Waals surface area contributed by atoms with E-state index in [4.69, 9.17) is 16.3 Å². The third kappa shape index (κ3) is 4.55. The fourth-order valence-electron chi connectivity index (χ4n) is 3.27. The molecule has 0 N–H and O–H groups in total. The number of ether oxygens (including phenoxy) is 1. The van der Waals surface area contributed by atoms with E-state index in [1.807, 2.05) is 26.8 Å². The fourth-order valence-corrected chi connectivity index (χ4v) is 3.48. The number of rotatable bonds is 2. The molecule has 2 aliphatic rings. The SMILES string of the molecule is CC(C)(C)OC(=O)N1CCC(c2cc(N3CC(F)(F)C3)cc(Cl)n2)CC1. The summed E-state index contributed by atoms with van der Waals surface area (Å²) in [6.45, 7) is 6.10. The Balaban J connectivity index is 1.63. The highest BCUT2D eigenvalue weighted by molar-refractivity contribution is 6.29. The summed E-state index contributed by atoms with van der Waals surface area (Å²) in [7, 11) is 0. The van der Waals surface area contributed by atoms with E-state index in [0.717, 1.165) is 18.5 Å². The lowest BCUT2D eigenvalue weighted by molar-refractivity contribution is -0.0262. The van der Waals surface area contributed by atoms with Crippen molar-refractivity contribution in [2.45, 2.75) is 51.1 Å². The van der Waals surface area contributed by atoms with Crippen LogP contribution in [0.1, 0.15) is 45.2 Å². The zero-order chi connectivity index (χ0) is 19.1. The minimum Gasteiger partial charge on any atom is -0.444 e. The number of pyridine rings is 1. The number of aromatic nitrogens is 1. The van der Waals surface area contributed by atoms with E-state index >= 15 is 0 Å². The normalized spacial score (nSPS) is 20.7. The molecule has 0 aliphatic carbocycles. The highest BCUT2D eigenvalue weighted by Gasteiger charge is 2.44. The van der Waals surface area contributed by atoms with Gasteiger partial charge in [0.05, 0.1) is 13.1 Å². The van der Waals surface area contributed by atoms with Gasteiger partial charge in [-0.25, -0.2) is 18.6 Å². The van der Waals surface area contributed by atoms with Crippen LogP contribution in [-0.2, 0) is 4.74 Å². The van der Waals surface area contributed by atoms with Crippen LogP contribution in [0.3, 0.4) is 0 Å². The van der Waals surface area contributed by atoms with Gasteiger partial charge in [-0.15, -0.1) is 0 Å². The van der Waals surface area contributed by atoms with Crippen LogP contribution in [0.2, 0.25) is 5.15 Å². The molecule has 2 saturated heterocycles. The highest BCUT2D eigenvalue weighted by Crippen LogP contribution is 2.36. The van der Waals surface area contributed by atoms with Crippen molar-refractivity contribution in [2.24, 2.45) is 0 Å². The molecule has 3 rings (SSSR count). The number of halogens is 3. The molecule has 0 atom stereocenters. The number of carbonyl (C=O) groups is 1. The first kappa shape index (κ1) is 19.1.